The van der Waals surface area contributed by atoms with Crippen molar-refractivity contribution in [2.45, 2.75) is 5.41 Å². The van der Waals surface area contributed by atoms with Gasteiger partial charge < -0.3 is 4.90 Å². The van der Waals surface area contributed by atoms with Crippen LogP contribution in [0.4, 0.5) is 17.1 Å². The zero-order chi connectivity index (χ0) is 36.1. The van der Waals surface area contributed by atoms with Crippen molar-refractivity contribution in [3.05, 3.63) is 222 Å². The molecule has 0 radical (unpaired) electrons. The van der Waals surface area contributed by atoms with Gasteiger partial charge in [0.05, 0.1) is 11.1 Å². The van der Waals surface area contributed by atoms with Crippen molar-refractivity contribution in [2.75, 3.05) is 4.90 Å². The fourth-order valence-corrected chi connectivity index (χ4v) is 11.1. The van der Waals surface area contributed by atoms with Gasteiger partial charge in [-0.05, 0) is 97.4 Å². The Morgan fingerprint density at radius 2 is 0.891 bits per heavy atom. The zero-order valence-electron chi connectivity index (χ0n) is 29.9. The molecule has 0 atom stereocenters. The fraction of sp³-hybridized carbons (Fsp3) is 0.0189. The van der Waals surface area contributed by atoms with Gasteiger partial charge in [-0.25, -0.2) is 0 Å². The first-order chi connectivity index (χ1) is 27.3. The van der Waals surface area contributed by atoms with Gasteiger partial charge >= 0.3 is 0 Å². The lowest BCUT2D eigenvalue weighted by molar-refractivity contribution is 0.793. The summed E-state index contributed by atoms with van der Waals surface area (Å²) < 4.78 is 2.66. The summed E-state index contributed by atoms with van der Waals surface area (Å²) in [7, 11) is 0. The van der Waals surface area contributed by atoms with E-state index in [9.17, 15) is 0 Å². The van der Waals surface area contributed by atoms with Gasteiger partial charge in [0.2, 0.25) is 0 Å². The van der Waals surface area contributed by atoms with Crippen LogP contribution in [0.1, 0.15) is 22.3 Å². The van der Waals surface area contributed by atoms with Gasteiger partial charge in [0, 0.05) is 36.9 Å². The molecular weight excluding hydrogens is 683 g/mol. The van der Waals surface area contributed by atoms with Gasteiger partial charge in [0.15, 0.2) is 0 Å². The number of hydrogen-bond donors (Lipinski definition) is 0. The molecule has 1 spiro atoms. The zero-order valence-corrected chi connectivity index (χ0v) is 30.7. The normalized spacial score (nSPS) is 13.2. The van der Waals surface area contributed by atoms with Crippen LogP contribution in [0.15, 0.2) is 200 Å². The first-order valence-electron chi connectivity index (χ1n) is 19.0. The fourth-order valence-electron chi connectivity index (χ4n) is 9.82. The average molecular weight is 716 g/mol. The van der Waals surface area contributed by atoms with E-state index in [1.165, 1.54) is 86.6 Å². The largest absolute Gasteiger partial charge is 0.310 e. The van der Waals surface area contributed by atoms with Gasteiger partial charge in [0.1, 0.15) is 0 Å². The van der Waals surface area contributed by atoms with Crippen molar-refractivity contribution in [1.29, 1.82) is 0 Å². The summed E-state index contributed by atoms with van der Waals surface area (Å²) in [6.45, 7) is 0. The summed E-state index contributed by atoms with van der Waals surface area (Å²) in [5.41, 5.74) is 16.2. The average Bonchev–Trinajstić information content (AvgIpc) is 3.88. The second-order valence-corrected chi connectivity index (χ2v) is 15.8. The number of benzene rings is 9. The van der Waals surface area contributed by atoms with E-state index in [-0.39, 0.29) is 0 Å². The summed E-state index contributed by atoms with van der Waals surface area (Å²) in [6, 6.07) is 74.5. The van der Waals surface area contributed by atoms with Gasteiger partial charge in [-0.15, -0.1) is 11.3 Å². The molecule has 0 saturated heterocycles. The predicted molar refractivity (Wildman–Crippen MR) is 233 cm³/mol. The van der Waals surface area contributed by atoms with Gasteiger partial charge in [-0.2, -0.15) is 0 Å². The van der Waals surface area contributed by atoms with E-state index in [2.05, 4.69) is 205 Å². The summed E-state index contributed by atoms with van der Waals surface area (Å²) >= 11 is 1.88. The Hall–Kier alpha value is -6.74. The first kappa shape index (κ1) is 30.7. The Labute approximate surface area is 324 Å². The van der Waals surface area contributed by atoms with Gasteiger partial charge in [-0.3, -0.25) is 0 Å². The third-order valence-corrected chi connectivity index (χ3v) is 13.3. The number of thiophene rings is 1. The molecule has 1 heterocycles. The Morgan fingerprint density at radius 3 is 1.62 bits per heavy atom. The third-order valence-electron chi connectivity index (χ3n) is 12.1. The number of anilines is 3. The van der Waals surface area contributed by atoms with Crippen LogP contribution in [-0.2, 0) is 5.41 Å². The van der Waals surface area contributed by atoms with Crippen molar-refractivity contribution in [2.24, 2.45) is 0 Å². The summed E-state index contributed by atoms with van der Waals surface area (Å²) in [5.74, 6) is 0. The smallest absolute Gasteiger partial charge is 0.0726 e. The minimum Gasteiger partial charge on any atom is -0.310 e. The molecule has 10 aromatic rings. The maximum absolute atomic E-state index is 2.49. The Balaban J connectivity index is 1.08. The number of rotatable bonds is 4. The van der Waals surface area contributed by atoms with Gasteiger partial charge in [-0.1, -0.05) is 164 Å². The quantitative estimate of drug-likeness (QED) is 0.175. The lowest BCUT2D eigenvalue weighted by Gasteiger charge is -2.32. The molecule has 0 unspecified atom stereocenters. The van der Waals surface area contributed by atoms with Crippen molar-refractivity contribution in [3.8, 4) is 33.4 Å². The maximum atomic E-state index is 2.49. The van der Waals surface area contributed by atoms with E-state index < -0.39 is 5.41 Å². The summed E-state index contributed by atoms with van der Waals surface area (Å²) in [4.78, 5) is 2.47. The number of nitrogens with zero attached hydrogens (tertiary/aromatic N) is 1. The second kappa shape index (κ2) is 11.6. The summed E-state index contributed by atoms with van der Waals surface area (Å²) in [5, 5.41) is 5.09. The Kier molecular flexibility index (Phi) is 6.49. The molecule has 0 aliphatic heterocycles. The van der Waals surface area contributed by atoms with Crippen LogP contribution in [0.5, 0.6) is 0 Å². The Morgan fingerprint density at radius 1 is 0.364 bits per heavy atom. The van der Waals surface area contributed by atoms with E-state index in [1.54, 1.807) is 0 Å². The highest BCUT2D eigenvalue weighted by molar-refractivity contribution is 7.26. The lowest BCUT2D eigenvalue weighted by Crippen LogP contribution is -2.26. The molecule has 0 amide bonds. The molecule has 12 rings (SSSR count). The molecule has 2 aliphatic carbocycles. The molecule has 0 bridgehead atoms. The SMILES string of the molecule is c1ccc2c(c1)-c1ccccc1C21c2ccccc2-c2ccc(N(c3ccc(-c4cccc5c4sc4ccccc45)cc3)c3cccc4ccccc34)cc21. The van der Waals surface area contributed by atoms with Crippen LogP contribution in [0, 0.1) is 0 Å². The van der Waals surface area contributed by atoms with E-state index >= 15 is 0 Å². The van der Waals surface area contributed by atoms with Crippen LogP contribution in [-0.4, -0.2) is 0 Å². The highest BCUT2D eigenvalue weighted by Crippen LogP contribution is 2.63. The molecule has 2 heteroatoms. The molecule has 0 N–H and O–H groups in total. The van der Waals surface area contributed by atoms with Crippen LogP contribution >= 0.6 is 11.3 Å². The molecular formula is C53H33NS. The van der Waals surface area contributed by atoms with E-state index in [1.807, 2.05) is 11.3 Å². The van der Waals surface area contributed by atoms with E-state index in [0.29, 0.717) is 0 Å². The van der Waals surface area contributed by atoms with Gasteiger partial charge in [0.25, 0.3) is 0 Å². The first-order valence-corrected chi connectivity index (χ1v) is 19.8. The van der Waals surface area contributed by atoms with Crippen molar-refractivity contribution in [3.63, 3.8) is 0 Å². The van der Waals surface area contributed by atoms with Crippen molar-refractivity contribution >= 4 is 59.3 Å². The highest BCUT2D eigenvalue weighted by Gasteiger charge is 2.51. The lowest BCUT2D eigenvalue weighted by atomic mass is 9.70. The summed E-state index contributed by atoms with van der Waals surface area (Å²) in [6.07, 6.45) is 0. The van der Waals surface area contributed by atoms with E-state index in [4.69, 9.17) is 0 Å². The molecule has 2 aliphatic rings. The van der Waals surface area contributed by atoms with E-state index in [0.717, 1.165) is 17.1 Å². The third kappa shape index (κ3) is 4.23. The monoisotopic (exact) mass is 715 g/mol. The molecule has 0 saturated carbocycles. The number of fused-ring (bicyclic) bond motifs is 14. The molecule has 9 aromatic carbocycles. The standard InChI is InChI=1S/C53H33NS/c1-2-15-38-34(13-1)14-11-25-50(38)54(36-29-27-35(28-30-36)39-20-12-21-45-44-19-6-10-26-51(44)55-52(39)45)37-31-32-43-42-18-5-9-24-48(42)53(49(43)33-37)46-22-7-3-16-40(46)41-17-4-8-23-47(41)53/h1-33H. The van der Waals surface area contributed by atoms with Crippen LogP contribution < -0.4 is 4.90 Å². The topological polar surface area (TPSA) is 3.24 Å². The Bertz CT molecular complexity index is 3100. The maximum Gasteiger partial charge on any atom is 0.0726 e. The minimum absolute atomic E-state index is 0.410. The molecule has 1 nitrogen and oxygen atoms in total. The van der Waals surface area contributed by atoms with Crippen molar-refractivity contribution in [1.82, 2.24) is 0 Å². The molecule has 55 heavy (non-hydrogen) atoms. The predicted octanol–water partition coefficient (Wildman–Crippen LogP) is 14.7. The number of hydrogen-bond acceptors (Lipinski definition) is 2. The highest BCUT2D eigenvalue weighted by atomic mass is 32.1. The van der Waals surface area contributed by atoms with Crippen LogP contribution in [0.25, 0.3) is 64.3 Å². The molecule has 0 fully saturated rings. The van der Waals surface area contributed by atoms with Crippen LogP contribution in [0.2, 0.25) is 0 Å². The second-order valence-electron chi connectivity index (χ2n) is 14.8. The van der Waals surface area contributed by atoms with Crippen molar-refractivity contribution < 1.29 is 0 Å². The molecule has 256 valence electrons. The van der Waals surface area contributed by atoms with Crippen LogP contribution in [0.3, 0.4) is 0 Å². The molecule has 1 aromatic heterocycles. The minimum atomic E-state index is -0.410.